The van der Waals surface area contributed by atoms with E-state index in [9.17, 15) is 4.39 Å². The number of hydrogen-bond acceptors (Lipinski definition) is 2. The van der Waals surface area contributed by atoms with E-state index < -0.39 is 5.82 Å². The topological polar surface area (TPSA) is 35.8 Å². The van der Waals surface area contributed by atoms with Crippen molar-refractivity contribution < 1.29 is 4.39 Å². The quantitative estimate of drug-likeness (QED) is 0.862. The maximum absolute atomic E-state index is 13.7. The van der Waals surface area contributed by atoms with Gasteiger partial charge in [0.2, 0.25) is 0 Å². The second kappa shape index (κ2) is 5.26. The van der Waals surface area contributed by atoms with Crippen LogP contribution in [0.15, 0.2) is 36.4 Å². The molecule has 18 heavy (non-hydrogen) atoms. The summed E-state index contributed by atoms with van der Waals surface area (Å²) in [5.74, 6) is -0.528. The van der Waals surface area contributed by atoms with E-state index in [1.165, 1.54) is 6.07 Å². The summed E-state index contributed by atoms with van der Waals surface area (Å²) in [5.41, 5.74) is 1.21. The minimum Gasteiger partial charge on any atom is -0.353 e. The zero-order valence-corrected chi connectivity index (χ0v) is 10.6. The lowest BCUT2D eigenvalue weighted by Gasteiger charge is -2.09. The Hall–Kier alpha value is -1.76. The summed E-state index contributed by atoms with van der Waals surface area (Å²) in [6.45, 7) is 0. The van der Waals surface area contributed by atoms with Crippen LogP contribution in [0.2, 0.25) is 10.0 Å². The van der Waals surface area contributed by atoms with E-state index in [0.717, 1.165) is 0 Å². The second-order valence-electron chi connectivity index (χ2n) is 3.53. The van der Waals surface area contributed by atoms with Crippen LogP contribution in [-0.2, 0) is 0 Å². The van der Waals surface area contributed by atoms with Gasteiger partial charge >= 0.3 is 0 Å². The third kappa shape index (κ3) is 2.56. The van der Waals surface area contributed by atoms with Crippen LogP contribution in [0.25, 0.3) is 0 Å². The van der Waals surface area contributed by atoms with E-state index in [4.69, 9.17) is 28.5 Å². The third-order valence-electron chi connectivity index (χ3n) is 2.32. The van der Waals surface area contributed by atoms with Gasteiger partial charge in [-0.1, -0.05) is 29.3 Å². The number of nitrogens with one attached hydrogen (secondary N) is 1. The highest BCUT2D eigenvalue weighted by atomic mass is 35.5. The van der Waals surface area contributed by atoms with E-state index in [1.807, 2.05) is 6.07 Å². The SMILES string of the molecule is N#Cc1ccc(Nc2cccc(Cl)c2F)cc1Cl. The maximum atomic E-state index is 13.7. The lowest BCUT2D eigenvalue weighted by molar-refractivity contribution is 0.632. The zero-order valence-electron chi connectivity index (χ0n) is 9.05. The van der Waals surface area contributed by atoms with Crippen LogP contribution in [0.4, 0.5) is 15.8 Å². The van der Waals surface area contributed by atoms with Crippen LogP contribution >= 0.6 is 23.2 Å². The molecule has 0 heterocycles. The Bertz CT molecular complexity index is 635. The van der Waals surface area contributed by atoms with Crippen molar-refractivity contribution in [3.63, 3.8) is 0 Å². The van der Waals surface area contributed by atoms with E-state index >= 15 is 0 Å². The van der Waals surface area contributed by atoms with Crippen LogP contribution in [0, 0.1) is 17.1 Å². The number of halogens is 3. The minimum absolute atomic E-state index is 0.0414. The summed E-state index contributed by atoms with van der Waals surface area (Å²) < 4.78 is 13.7. The highest BCUT2D eigenvalue weighted by Gasteiger charge is 2.07. The molecule has 0 atom stereocenters. The van der Waals surface area contributed by atoms with Gasteiger partial charge in [-0.2, -0.15) is 5.26 Å². The molecule has 0 aliphatic rings. The molecule has 0 aromatic heterocycles. The molecule has 0 aliphatic heterocycles. The summed E-state index contributed by atoms with van der Waals surface area (Å²) in [7, 11) is 0. The molecular weight excluding hydrogens is 274 g/mol. The molecule has 0 unspecified atom stereocenters. The molecule has 0 spiro atoms. The maximum Gasteiger partial charge on any atom is 0.165 e. The normalized spacial score (nSPS) is 9.89. The van der Waals surface area contributed by atoms with Crippen LogP contribution < -0.4 is 5.32 Å². The average Bonchev–Trinajstić information content (AvgIpc) is 2.35. The van der Waals surface area contributed by atoms with Gasteiger partial charge in [-0.05, 0) is 30.3 Å². The zero-order chi connectivity index (χ0) is 13.1. The molecule has 90 valence electrons. The Morgan fingerprint density at radius 3 is 2.56 bits per heavy atom. The Balaban J connectivity index is 2.32. The second-order valence-corrected chi connectivity index (χ2v) is 4.35. The van der Waals surface area contributed by atoms with Gasteiger partial charge in [0.15, 0.2) is 5.82 Å². The number of rotatable bonds is 2. The first kappa shape index (κ1) is 12.7. The monoisotopic (exact) mass is 280 g/mol. The smallest absolute Gasteiger partial charge is 0.165 e. The first-order chi connectivity index (χ1) is 8.61. The van der Waals surface area contributed by atoms with Crippen molar-refractivity contribution in [3.8, 4) is 6.07 Å². The van der Waals surface area contributed by atoms with Gasteiger partial charge < -0.3 is 5.32 Å². The molecule has 5 heteroatoms. The fourth-order valence-corrected chi connectivity index (χ4v) is 1.84. The number of nitriles is 1. The van der Waals surface area contributed by atoms with Crippen molar-refractivity contribution >= 4 is 34.6 Å². The fourth-order valence-electron chi connectivity index (χ4n) is 1.44. The predicted octanol–water partition coefficient (Wildman–Crippen LogP) is 4.75. The molecule has 2 nitrogen and oxygen atoms in total. The van der Waals surface area contributed by atoms with Crippen molar-refractivity contribution in [1.29, 1.82) is 5.26 Å². The molecular formula is C13H7Cl2FN2. The van der Waals surface area contributed by atoms with Gasteiger partial charge in [0, 0.05) is 5.69 Å². The molecule has 0 saturated heterocycles. The minimum atomic E-state index is -0.528. The van der Waals surface area contributed by atoms with Crippen molar-refractivity contribution in [1.82, 2.24) is 0 Å². The van der Waals surface area contributed by atoms with Gasteiger partial charge in [0.1, 0.15) is 6.07 Å². The summed E-state index contributed by atoms with van der Waals surface area (Å²) in [6, 6.07) is 11.4. The van der Waals surface area contributed by atoms with Gasteiger partial charge in [-0.25, -0.2) is 4.39 Å². The summed E-state index contributed by atoms with van der Waals surface area (Å²) >= 11 is 11.6. The standard InChI is InChI=1S/C13H7Cl2FN2/c14-10-2-1-3-12(13(10)16)18-9-5-4-8(7-17)11(15)6-9/h1-6,18H. The van der Waals surface area contributed by atoms with Crippen molar-refractivity contribution in [2.45, 2.75) is 0 Å². The first-order valence-corrected chi connectivity index (χ1v) is 5.78. The predicted molar refractivity (Wildman–Crippen MR) is 70.9 cm³/mol. The Labute approximate surface area is 114 Å². The Morgan fingerprint density at radius 1 is 1.11 bits per heavy atom. The molecule has 2 aromatic rings. The van der Waals surface area contributed by atoms with E-state index in [-0.39, 0.29) is 10.7 Å². The van der Waals surface area contributed by atoms with Crippen LogP contribution in [-0.4, -0.2) is 0 Å². The number of hydrogen-bond donors (Lipinski definition) is 1. The fraction of sp³-hybridized carbons (Fsp3) is 0. The molecule has 1 N–H and O–H groups in total. The third-order valence-corrected chi connectivity index (χ3v) is 2.92. The van der Waals surface area contributed by atoms with Crippen molar-refractivity contribution in [2.24, 2.45) is 0 Å². The lowest BCUT2D eigenvalue weighted by atomic mass is 10.2. The van der Waals surface area contributed by atoms with Gasteiger partial charge in [0.05, 0.1) is 21.3 Å². The highest BCUT2D eigenvalue weighted by Crippen LogP contribution is 2.27. The van der Waals surface area contributed by atoms with E-state index in [2.05, 4.69) is 5.32 Å². The highest BCUT2D eigenvalue weighted by molar-refractivity contribution is 6.32. The van der Waals surface area contributed by atoms with Crippen molar-refractivity contribution in [3.05, 3.63) is 57.8 Å². The number of nitrogens with zero attached hydrogens (tertiary/aromatic N) is 1. The van der Waals surface area contributed by atoms with Crippen LogP contribution in [0.3, 0.4) is 0 Å². The molecule has 2 rings (SSSR count). The Morgan fingerprint density at radius 2 is 1.89 bits per heavy atom. The molecule has 2 aromatic carbocycles. The number of anilines is 2. The van der Waals surface area contributed by atoms with Gasteiger partial charge in [-0.3, -0.25) is 0 Å². The molecule has 0 aliphatic carbocycles. The molecule has 0 radical (unpaired) electrons. The van der Waals surface area contributed by atoms with Crippen LogP contribution in [0.1, 0.15) is 5.56 Å². The molecule has 0 bridgehead atoms. The largest absolute Gasteiger partial charge is 0.353 e. The van der Waals surface area contributed by atoms with Crippen molar-refractivity contribution in [2.75, 3.05) is 5.32 Å². The summed E-state index contributed by atoms with van der Waals surface area (Å²) in [6.07, 6.45) is 0. The van der Waals surface area contributed by atoms with Gasteiger partial charge in [0.25, 0.3) is 0 Å². The van der Waals surface area contributed by atoms with Crippen LogP contribution in [0.5, 0.6) is 0 Å². The van der Waals surface area contributed by atoms with E-state index in [1.54, 1.807) is 30.3 Å². The first-order valence-electron chi connectivity index (χ1n) is 5.02. The molecule has 0 amide bonds. The summed E-state index contributed by atoms with van der Waals surface area (Å²) in [5, 5.41) is 12.0. The summed E-state index contributed by atoms with van der Waals surface area (Å²) in [4.78, 5) is 0. The lowest BCUT2D eigenvalue weighted by Crippen LogP contribution is -1.94. The van der Waals surface area contributed by atoms with Gasteiger partial charge in [-0.15, -0.1) is 0 Å². The average molecular weight is 281 g/mol. The Kier molecular flexibility index (Phi) is 3.71. The van der Waals surface area contributed by atoms with E-state index in [0.29, 0.717) is 16.3 Å². The molecule has 0 fully saturated rings. The number of benzene rings is 2. The molecule has 0 saturated carbocycles.